The predicted octanol–water partition coefficient (Wildman–Crippen LogP) is 3.52. The minimum absolute atomic E-state index is 0.423. The minimum atomic E-state index is 0.423. The molecule has 9 nitrogen and oxygen atoms in total. The van der Waals surface area contributed by atoms with E-state index in [0.717, 1.165) is 79.9 Å². The third-order valence-electron chi connectivity index (χ3n) is 6.99. The van der Waals surface area contributed by atoms with Crippen molar-refractivity contribution in [3.8, 4) is 11.4 Å². The Morgan fingerprint density at radius 3 is 2.57 bits per heavy atom. The highest BCUT2D eigenvalue weighted by Crippen LogP contribution is 2.34. The molecule has 180 valence electrons. The quantitative estimate of drug-likeness (QED) is 0.438. The summed E-state index contributed by atoms with van der Waals surface area (Å²) in [5.41, 5.74) is 4.05. The van der Waals surface area contributed by atoms with Gasteiger partial charge in [-0.1, -0.05) is 6.07 Å². The van der Waals surface area contributed by atoms with Gasteiger partial charge in [-0.05, 0) is 43.5 Å². The number of aryl methyl sites for hydroxylation is 1. The van der Waals surface area contributed by atoms with Crippen LogP contribution in [0.4, 0.5) is 11.8 Å². The van der Waals surface area contributed by atoms with Crippen molar-refractivity contribution in [3.63, 3.8) is 0 Å². The van der Waals surface area contributed by atoms with Crippen LogP contribution in [-0.4, -0.2) is 68.9 Å². The van der Waals surface area contributed by atoms with E-state index in [0.29, 0.717) is 19.1 Å². The van der Waals surface area contributed by atoms with E-state index in [2.05, 4.69) is 37.3 Å². The lowest BCUT2D eigenvalue weighted by atomic mass is 9.92. The highest BCUT2D eigenvalue weighted by molar-refractivity contribution is 5.88. The largest absolute Gasteiger partial charge is 0.378 e. The van der Waals surface area contributed by atoms with E-state index in [1.165, 1.54) is 5.56 Å². The molecule has 2 saturated heterocycles. The minimum Gasteiger partial charge on any atom is -0.378 e. The monoisotopic (exact) mass is 470 g/mol. The molecule has 9 heteroatoms. The van der Waals surface area contributed by atoms with Gasteiger partial charge in [0.2, 0.25) is 5.95 Å². The smallest absolute Gasteiger partial charge is 0.229 e. The molecule has 4 aromatic heterocycles. The van der Waals surface area contributed by atoms with E-state index < -0.39 is 0 Å². The summed E-state index contributed by atoms with van der Waals surface area (Å²) in [6.07, 6.45) is 9.69. The van der Waals surface area contributed by atoms with Gasteiger partial charge in [-0.3, -0.25) is 9.97 Å². The number of nitrogens with zero attached hydrogens (tertiary/aromatic N) is 8. The van der Waals surface area contributed by atoms with E-state index in [4.69, 9.17) is 19.7 Å². The molecule has 0 N–H and O–H groups in total. The van der Waals surface area contributed by atoms with Gasteiger partial charge < -0.3 is 19.1 Å². The number of morpholine rings is 1. The Labute approximate surface area is 204 Å². The van der Waals surface area contributed by atoms with Gasteiger partial charge in [0, 0.05) is 69.0 Å². The third-order valence-corrected chi connectivity index (χ3v) is 6.99. The molecule has 2 aliphatic rings. The van der Waals surface area contributed by atoms with Crippen LogP contribution in [0.5, 0.6) is 0 Å². The number of fused-ring (bicyclic) bond motifs is 1. The second kappa shape index (κ2) is 9.58. The lowest BCUT2D eigenvalue weighted by molar-refractivity contribution is 0.122. The van der Waals surface area contributed by atoms with Crippen LogP contribution in [0.2, 0.25) is 0 Å². The van der Waals surface area contributed by atoms with Gasteiger partial charge in [-0.25, -0.2) is 4.98 Å². The molecule has 35 heavy (non-hydrogen) atoms. The highest BCUT2D eigenvalue weighted by Gasteiger charge is 2.28. The number of rotatable bonds is 5. The normalized spacial score (nSPS) is 18.8. The van der Waals surface area contributed by atoms with Gasteiger partial charge in [0.05, 0.1) is 13.2 Å². The van der Waals surface area contributed by atoms with Crippen molar-refractivity contribution >= 4 is 22.9 Å². The van der Waals surface area contributed by atoms with Crippen LogP contribution in [0.25, 0.3) is 22.6 Å². The molecule has 0 spiro atoms. The second-order valence-corrected chi connectivity index (χ2v) is 9.11. The van der Waals surface area contributed by atoms with Crippen molar-refractivity contribution in [2.45, 2.75) is 32.2 Å². The zero-order valence-electron chi connectivity index (χ0n) is 20.0. The molecule has 0 amide bonds. The first-order chi connectivity index (χ1) is 17.3. The summed E-state index contributed by atoms with van der Waals surface area (Å²) in [7, 11) is 0. The van der Waals surface area contributed by atoms with E-state index in [9.17, 15) is 0 Å². The van der Waals surface area contributed by atoms with Crippen molar-refractivity contribution in [1.82, 2.24) is 29.5 Å². The van der Waals surface area contributed by atoms with Crippen LogP contribution in [0.1, 0.15) is 31.2 Å². The number of imidazole rings is 1. The zero-order valence-corrected chi connectivity index (χ0v) is 20.0. The number of piperidine rings is 1. The Balaban J connectivity index is 1.46. The van der Waals surface area contributed by atoms with Gasteiger partial charge >= 0.3 is 0 Å². The van der Waals surface area contributed by atoms with Gasteiger partial charge in [0.25, 0.3) is 0 Å². The number of hydrogen-bond donors (Lipinski definition) is 0. The number of pyridine rings is 2. The molecule has 0 aliphatic carbocycles. The van der Waals surface area contributed by atoms with Crippen molar-refractivity contribution in [3.05, 3.63) is 54.6 Å². The molecule has 2 aliphatic heterocycles. The molecule has 4 aromatic rings. The van der Waals surface area contributed by atoms with Crippen molar-refractivity contribution in [2.75, 3.05) is 49.2 Å². The summed E-state index contributed by atoms with van der Waals surface area (Å²) in [5, 5.41) is 0. The molecular weight excluding hydrogens is 440 g/mol. The van der Waals surface area contributed by atoms with Gasteiger partial charge in [0.15, 0.2) is 17.0 Å². The zero-order chi connectivity index (χ0) is 23.6. The molecule has 6 heterocycles. The maximum Gasteiger partial charge on any atom is 0.229 e. The molecular formula is C26H30N8O. The van der Waals surface area contributed by atoms with Gasteiger partial charge in [0.1, 0.15) is 5.82 Å². The van der Waals surface area contributed by atoms with Crippen LogP contribution in [-0.2, 0) is 11.3 Å². The maximum atomic E-state index is 5.63. The summed E-state index contributed by atoms with van der Waals surface area (Å²) in [6, 6.07) is 8.20. The van der Waals surface area contributed by atoms with Crippen LogP contribution in [0.3, 0.4) is 0 Å². The number of hydrogen-bond acceptors (Lipinski definition) is 8. The Morgan fingerprint density at radius 1 is 0.943 bits per heavy atom. The fraction of sp³-hybridized carbons (Fsp3) is 0.423. The molecule has 0 aromatic carbocycles. The van der Waals surface area contributed by atoms with Gasteiger partial charge in [-0.15, -0.1) is 0 Å². The summed E-state index contributed by atoms with van der Waals surface area (Å²) < 4.78 is 7.83. The summed E-state index contributed by atoms with van der Waals surface area (Å²) in [5.74, 6) is 3.01. The Bertz CT molecular complexity index is 1290. The van der Waals surface area contributed by atoms with E-state index in [1.54, 1.807) is 12.4 Å². The average molecular weight is 471 g/mol. The van der Waals surface area contributed by atoms with Crippen LogP contribution in [0.15, 0.2) is 49.1 Å². The lowest BCUT2D eigenvalue weighted by Crippen LogP contribution is -2.38. The molecule has 0 radical (unpaired) electrons. The SMILES string of the molecule is CCn1c(-c2ccncc2)nc2c(N3CCOCC3)nc(N3CCCC(c4cccnc4)C3)nc21. The maximum absolute atomic E-state index is 5.63. The first kappa shape index (κ1) is 21.9. The second-order valence-electron chi connectivity index (χ2n) is 9.11. The lowest BCUT2D eigenvalue weighted by Gasteiger charge is -2.34. The molecule has 2 fully saturated rings. The van der Waals surface area contributed by atoms with Crippen molar-refractivity contribution in [1.29, 1.82) is 0 Å². The summed E-state index contributed by atoms with van der Waals surface area (Å²) in [6.45, 7) is 7.73. The number of ether oxygens (including phenoxy) is 1. The van der Waals surface area contributed by atoms with E-state index in [-0.39, 0.29) is 0 Å². The molecule has 1 atom stereocenters. The molecule has 1 unspecified atom stereocenters. The molecule has 0 bridgehead atoms. The molecule has 0 saturated carbocycles. The van der Waals surface area contributed by atoms with E-state index in [1.807, 2.05) is 30.6 Å². The Hall–Kier alpha value is -3.59. The third kappa shape index (κ3) is 4.20. The summed E-state index contributed by atoms with van der Waals surface area (Å²) >= 11 is 0. The van der Waals surface area contributed by atoms with Crippen molar-refractivity contribution < 1.29 is 4.74 Å². The standard InChI is InChI=1S/C26H30N8O/c1-2-34-23(19-7-10-27-11-8-19)29-22-24(32-13-15-35-16-14-32)30-26(31-25(22)34)33-12-4-6-21(18-33)20-5-3-9-28-17-20/h3,5,7-11,17,21H,2,4,6,12-16,18H2,1H3. The van der Waals surface area contributed by atoms with E-state index >= 15 is 0 Å². The topological polar surface area (TPSA) is 85.1 Å². The summed E-state index contributed by atoms with van der Waals surface area (Å²) in [4.78, 5) is 28.5. The Morgan fingerprint density at radius 2 is 1.80 bits per heavy atom. The van der Waals surface area contributed by atoms with Gasteiger partial charge in [-0.2, -0.15) is 9.97 Å². The van der Waals surface area contributed by atoms with Crippen LogP contribution >= 0.6 is 0 Å². The average Bonchev–Trinajstić information content (AvgIpc) is 3.33. The first-order valence-electron chi connectivity index (χ1n) is 12.5. The first-order valence-corrected chi connectivity index (χ1v) is 12.5. The van der Waals surface area contributed by atoms with Crippen LogP contribution < -0.4 is 9.80 Å². The highest BCUT2D eigenvalue weighted by atomic mass is 16.5. The predicted molar refractivity (Wildman–Crippen MR) is 136 cm³/mol. The fourth-order valence-corrected chi connectivity index (χ4v) is 5.18. The van der Waals surface area contributed by atoms with Crippen molar-refractivity contribution in [2.24, 2.45) is 0 Å². The van der Waals surface area contributed by atoms with Crippen LogP contribution in [0, 0.1) is 0 Å². The number of aromatic nitrogens is 6. The Kier molecular flexibility index (Phi) is 5.99. The number of anilines is 2. The fourth-order valence-electron chi connectivity index (χ4n) is 5.18. The molecule has 6 rings (SSSR count).